The average Bonchev–Trinajstić information content (AvgIpc) is 3.00. The molecule has 0 unspecified atom stereocenters. The van der Waals surface area contributed by atoms with Crippen LogP contribution in [0.25, 0.3) is 0 Å². The Morgan fingerprint density at radius 1 is 0.750 bits per heavy atom. The Bertz CT molecular complexity index is 1180. The smallest absolute Gasteiger partial charge is 0.322 e. The third-order valence-corrected chi connectivity index (χ3v) is 8.27. The van der Waals surface area contributed by atoms with E-state index in [2.05, 4.69) is 23.3 Å². The molecule has 0 aliphatic heterocycles. The van der Waals surface area contributed by atoms with Gasteiger partial charge in [0.05, 0.1) is 12.1 Å². The number of rotatable bonds is 15. The number of nitrogens with one attached hydrogen (secondary N) is 2. The number of hydrogen-bond donors (Lipinski definition) is 8. The first kappa shape index (κ1) is 38.6. The van der Waals surface area contributed by atoms with Gasteiger partial charge in [-0.1, -0.05) is 60.7 Å². The van der Waals surface area contributed by atoms with E-state index in [0.29, 0.717) is 12.8 Å². The molecule has 0 bridgehead atoms. The first-order chi connectivity index (χ1) is 20.8. The van der Waals surface area contributed by atoms with Gasteiger partial charge in [0.15, 0.2) is 0 Å². The minimum absolute atomic E-state index is 0.0256. The van der Waals surface area contributed by atoms with Gasteiger partial charge in [-0.25, -0.2) is 0 Å². The van der Waals surface area contributed by atoms with Crippen molar-refractivity contribution in [2.24, 2.45) is 17.2 Å². The molecule has 0 radical (unpaired) electrons. The Kier molecular flexibility index (Phi) is 18.7. The summed E-state index contributed by atoms with van der Waals surface area (Å²) in [5, 5.41) is 20.9. The molecule has 0 heterocycles. The van der Waals surface area contributed by atoms with Crippen LogP contribution in [-0.2, 0) is 41.6 Å². The van der Waals surface area contributed by atoms with Crippen LogP contribution in [0, 0.1) is 0 Å². The average molecular weight is 668 g/mol. The van der Waals surface area contributed by atoms with Crippen molar-refractivity contribution in [3.05, 3.63) is 71.8 Å². The molecule has 0 aliphatic carbocycles. The summed E-state index contributed by atoms with van der Waals surface area (Å²) in [6.07, 6.45) is 0.677. The predicted molar refractivity (Wildman–Crippen MR) is 173 cm³/mol. The van der Waals surface area contributed by atoms with Crippen LogP contribution in [0.3, 0.4) is 0 Å². The molecule has 16 heteroatoms. The van der Waals surface area contributed by atoms with Crippen LogP contribution in [0.2, 0.25) is 0 Å². The second-order valence-electron chi connectivity index (χ2n) is 9.29. The fourth-order valence-electron chi connectivity index (χ4n) is 3.27. The van der Waals surface area contributed by atoms with E-state index in [4.69, 9.17) is 27.4 Å². The van der Waals surface area contributed by atoms with Gasteiger partial charge in [-0.2, -0.15) is 12.6 Å². The van der Waals surface area contributed by atoms with Crippen molar-refractivity contribution in [3.8, 4) is 0 Å². The van der Waals surface area contributed by atoms with Crippen LogP contribution in [0.1, 0.15) is 24.0 Å². The fraction of sp³-hybridized carbons (Fsp3) is 0.357. The maximum absolute atomic E-state index is 12.1. The van der Waals surface area contributed by atoms with Gasteiger partial charge < -0.3 is 38.0 Å². The summed E-state index contributed by atoms with van der Waals surface area (Å²) < 4.78 is 0. The Labute approximate surface area is 268 Å². The summed E-state index contributed by atoms with van der Waals surface area (Å²) in [5.41, 5.74) is 19.0. The van der Waals surface area contributed by atoms with Crippen LogP contribution in [-0.4, -0.2) is 80.7 Å². The van der Waals surface area contributed by atoms with Gasteiger partial charge in [-0.3, -0.25) is 28.8 Å². The summed E-state index contributed by atoms with van der Waals surface area (Å²) in [7, 11) is 1.75. The van der Waals surface area contributed by atoms with Crippen LogP contribution in [0.4, 0.5) is 0 Å². The molecule has 0 aliphatic rings. The molecule has 4 atom stereocenters. The lowest BCUT2D eigenvalue weighted by molar-refractivity contribution is -0.139. The molecule has 2 amide bonds. The van der Waals surface area contributed by atoms with Crippen molar-refractivity contribution in [1.29, 1.82) is 0 Å². The van der Waals surface area contributed by atoms with Crippen molar-refractivity contribution in [1.82, 2.24) is 10.6 Å². The number of carboxylic acids is 2. The monoisotopic (exact) mass is 667 g/mol. The number of carbonyl (C=O) groups is 6. The zero-order valence-corrected chi connectivity index (χ0v) is 26.2. The number of amides is 2. The number of thiol groups is 1. The fourth-order valence-corrected chi connectivity index (χ4v) is 5.33. The van der Waals surface area contributed by atoms with E-state index in [1.807, 2.05) is 60.7 Å². The normalized spacial score (nSPS) is 13.2. The van der Waals surface area contributed by atoms with Gasteiger partial charge in [0.2, 0.25) is 22.0 Å². The van der Waals surface area contributed by atoms with E-state index in [9.17, 15) is 28.8 Å². The molecule has 2 rings (SSSR count). The molecule has 0 fully saturated rings. The summed E-state index contributed by atoms with van der Waals surface area (Å²) in [4.78, 5) is 67.9. The van der Waals surface area contributed by atoms with E-state index in [1.165, 1.54) is 0 Å². The zero-order chi connectivity index (χ0) is 33.1. The number of carbonyl (C=O) groups excluding carboxylic acids is 4. The summed E-state index contributed by atoms with van der Waals surface area (Å²) in [6.45, 7) is -0.567. The van der Waals surface area contributed by atoms with Crippen molar-refractivity contribution in [2.75, 3.05) is 12.3 Å². The van der Waals surface area contributed by atoms with Gasteiger partial charge in [0.1, 0.15) is 18.6 Å². The minimum Gasteiger partial charge on any atom is -0.480 e. The largest absolute Gasteiger partial charge is 0.480 e. The Morgan fingerprint density at radius 3 is 1.59 bits per heavy atom. The van der Waals surface area contributed by atoms with Crippen molar-refractivity contribution >= 4 is 68.2 Å². The van der Waals surface area contributed by atoms with Crippen LogP contribution in [0.5, 0.6) is 0 Å². The second kappa shape index (κ2) is 21.3. The number of nitrogens with two attached hydrogens (primary N) is 3. The molecule has 44 heavy (non-hydrogen) atoms. The van der Waals surface area contributed by atoms with Gasteiger partial charge in [-0.15, -0.1) is 0 Å². The third-order valence-electron chi connectivity index (χ3n) is 5.66. The van der Waals surface area contributed by atoms with E-state index in [1.54, 1.807) is 0 Å². The highest BCUT2D eigenvalue weighted by Crippen LogP contribution is 2.26. The topological polar surface area (TPSA) is 245 Å². The van der Waals surface area contributed by atoms with Crippen LogP contribution in [0.15, 0.2) is 60.7 Å². The maximum Gasteiger partial charge on any atom is 0.322 e. The van der Waals surface area contributed by atoms with E-state index in [-0.39, 0.29) is 28.8 Å². The number of aliphatic carboxylic acids is 2. The maximum atomic E-state index is 12.1. The molecule has 2 aromatic rings. The molecular formula is C28H37N5O8S3. The van der Waals surface area contributed by atoms with E-state index >= 15 is 0 Å². The summed E-state index contributed by atoms with van der Waals surface area (Å²) in [5.74, 6) is -3.70. The molecule has 13 nitrogen and oxygen atoms in total. The Balaban J connectivity index is 0.000000449. The summed E-state index contributed by atoms with van der Waals surface area (Å²) >= 11 is 3.87. The highest BCUT2D eigenvalue weighted by molar-refractivity contribution is 8.87. The lowest BCUT2D eigenvalue weighted by atomic mass is 10.1. The highest BCUT2D eigenvalue weighted by Gasteiger charge is 2.22. The van der Waals surface area contributed by atoms with Gasteiger partial charge >= 0.3 is 11.9 Å². The predicted octanol–water partition coefficient (Wildman–Crippen LogP) is 0.355. The zero-order valence-electron chi connectivity index (χ0n) is 23.7. The lowest BCUT2D eigenvalue weighted by Gasteiger charge is -2.16. The number of carboxylic acid groups (broad SMARTS) is 2. The Morgan fingerprint density at radius 2 is 1.20 bits per heavy atom. The minimum atomic E-state index is -1.22. The van der Waals surface area contributed by atoms with Gasteiger partial charge in [0, 0.05) is 12.2 Å². The molecular weight excluding hydrogens is 631 g/mol. The standard InChI is InChI=1S/C18H20N2O2S2.C10H17N3O6S/c19-15(11-13-7-3-1-4-8-13)17(21)23-24-18(22)16(20)12-14-9-5-2-6-10-14;11-5(10(18)19)1-2-7(14)13-6(4-20)9(17)12-3-8(15)16/h1-10,15-16H,11-12,19-20H2;5-6,20H,1-4,11H2,(H,12,17)(H,13,14)(H,15,16)(H,18,19)/t15-,16-;5-,6-/m00/s1. The van der Waals surface area contributed by atoms with Crippen LogP contribution >= 0.6 is 34.2 Å². The quantitative estimate of drug-likeness (QED) is 0.0945. The lowest BCUT2D eigenvalue weighted by Crippen LogP contribution is -2.49. The Hall–Kier alpha value is -3.41. The van der Waals surface area contributed by atoms with Crippen molar-refractivity contribution in [2.45, 2.75) is 49.9 Å². The molecule has 0 saturated heterocycles. The molecule has 240 valence electrons. The molecule has 0 aromatic heterocycles. The molecule has 0 saturated carbocycles. The van der Waals surface area contributed by atoms with Crippen molar-refractivity contribution in [3.63, 3.8) is 0 Å². The summed E-state index contributed by atoms with van der Waals surface area (Å²) in [6, 6.07) is 15.7. The van der Waals surface area contributed by atoms with E-state index in [0.717, 1.165) is 32.7 Å². The van der Waals surface area contributed by atoms with Crippen molar-refractivity contribution < 1.29 is 39.0 Å². The second-order valence-corrected chi connectivity index (χ2v) is 11.8. The van der Waals surface area contributed by atoms with E-state index < -0.39 is 54.5 Å². The number of hydrogen-bond acceptors (Lipinski definition) is 12. The first-order valence-corrected chi connectivity index (χ1v) is 16.0. The molecule has 10 N–H and O–H groups in total. The van der Waals surface area contributed by atoms with Gasteiger partial charge in [0.25, 0.3) is 0 Å². The molecule has 0 spiro atoms. The third kappa shape index (κ3) is 16.4. The number of benzene rings is 2. The first-order valence-electron chi connectivity index (χ1n) is 13.2. The van der Waals surface area contributed by atoms with Crippen LogP contribution < -0.4 is 27.8 Å². The SMILES string of the molecule is N[C@@H](CCC(=O)N[C@@H](CS)C(=O)NCC(=O)O)C(=O)O.N[C@@H](Cc1ccccc1)C(=O)SSC(=O)[C@@H](N)Cc1ccccc1. The van der Waals surface area contributed by atoms with Gasteiger partial charge in [-0.05, 0) is 52.0 Å². The highest BCUT2D eigenvalue weighted by atomic mass is 33.1. The molecule has 2 aromatic carbocycles.